The van der Waals surface area contributed by atoms with Crippen molar-refractivity contribution in [2.24, 2.45) is 5.10 Å². The number of aryl methyl sites for hydroxylation is 4. The summed E-state index contributed by atoms with van der Waals surface area (Å²) in [6.07, 6.45) is 1.68. The highest BCUT2D eigenvalue weighted by atomic mass is 16.2. The van der Waals surface area contributed by atoms with Gasteiger partial charge in [-0.15, -0.1) is 0 Å². The summed E-state index contributed by atoms with van der Waals surface area (Å²) >= 11 is 0. The van der Waals surface area contributed by atoms with Crippen LogP contribution in [0, 0.1) is 34.6 Å². The number of aromatic nitrogens is 1. The lowest BCUT2D eigenvalue weighted by Crippen LogP contribution is -2.24. The van der Waals surface area contributed by atoms with Crippen molar-refractivity contribution in [3.63, 3.8) is 0 Å². The molecule has 5 heteroatoms. The monoisotopic (exact) mass is 374 g/mol. The Balaban J connectivity index is 1.74. The standard InChI is InChI=1S/C23H26N4O/c1-15-10-11-22(17(3)12-15)27-18(4)13-20(19(27)5)14-24-26-23(28)25-21-9-7-6-8-16(21)2/h6-14H,1-5H3,(H2,25,26,28). The van der Waals surface area contributed by atoms with Crippen LogP contribution in [0.25, 0.3) is 5.69 Å². The molecule has 0 aliphatic carbocycles. The van der Waals surface area contributed by atoms with Crippen LogP contribution in [-0.2, 0) is 0 Å². The van der Waals surface area contributed by atoms with E-state index in [1.54, 1.807) is 6.21 Å². The predicted octanol–water partition coefficient (Wildman–Crippen LogP) is 5.18. The molecule has 2 N–H and O–H groups in total. The van der Waals surface area contributed by atoms with Crippen molar-refractivity contribution < 1.29 is 4.79 Å². The van der Waals surface area contributed by atoms with Gasteiger partial charge in [0.1, 0.15) is 0 Å². The Morgan fingerprint density at radius 2 is 1.71 bits per heavy atom. The summed E-state index contributed by atoms with van der Waals surface area (Å²) in [5.41, 5.74) is 11.1. The van der Waals surface area contributed by atoms with Crippen LogP contribution >= 0.6 is 0 Å². The van der Waals surface area contributed by atoms with Crippen molar-refractivity contribution >= 4 is 17.9 Å². The summed E-state index contributed by atoms with van der Waals surface area (Å²) in [5, 5.41) is 6.91. The number of para-hydroxylation sites is 1. The average molecular weight is 374 g/mol. The van der Waals surface area contributed by atoms with Crippen molar-refractivity contribution in [3.05, 3.63) is 82.2 Å². The van der Waals surface area contributed by atoms with E-state index in [0.717, 1.165) is 33.9 Å². The number of anilines is 1. The Morgan fingerprint density at radius 1 is 0.964 bits per heavy atom. The minimum Gasteiger partial charge on any atom is -0.318 e. The fraction of sp³-hybridized carbons (Fsp3) is 0.217. The summed E-state index contributed by atoms with van der Waals surface area (Å²) in [6, 6.07) is 15.8. The lowest BCUT2D eigenvalue weighted by atomic mass is 10.1. The zero-order valence-electron chi connectivity index (χ0n) is 17.0. The number of hydrazone groups is 1. The van der Waals surface area contributed by atoms with Crippen LogP contribution in [0.2, 0.25) is 0 Å². The fourth-order valence-electron chi connectivity index (χ4n) is 3.37. The lowest BCUT2D eigenvalue weighted by Gasteiger charge is -2.13. The highest BCUT2D eigenvalue weighted by Gasteiger charge is 2.11. The second kappa shape index (κ2) is 8.13. The molecule has 2 amide bonds. The quantitative estimate of drug-likeness (QED) is 0.480. The summed E-state index contributed by atoms with van der Waals surface area (Å²) in [5.74, 6) is 0. The number of nitrogens with one attached hydrogen (secondary N) is 2. The first-order valence-corrected chi connectivity index (χ1v) is 9.29. The molecule has 28 heavy (non-hydrogen) atoms. The molecule has 0 saturated carbocycles. The van der Waals surface area contributed by atoms with Crippen LogP contribution in [0.5, 0.6) is 0 Å². The third kappa shape index (κ3) is 4.14. The molecule has 3 aromatic rings. The number of carbonyl (C=O) groups is 1. The van der Waals surface area contributed by atoms with Gasteiger partial charge >= 0.3 is 6.03 Å². The van der Waals surface area contributed by atoms with Crippen LogP contribution < -0.4 is 10.7 Å². The van der Waals surface area contributed by atoms with E-state index in [0.29, 0.717) is 0 Å². The third-order valence-corrected chi connectivity index (χ3v) is 4.83. The second-order valence-electron chi connectivity index (χ2n) is 7.09. The molecule has 1 aromatic heterocycles. The van der Waals surface area contributed by atoms with Gasteiger partial charge in [-0.25, -0.2) is 10.2 Å². The molecule has 0 unspecified atom stereocenters. The van der Waals surface area contributed by atoms with Gasteiger partial charge in [0, 0.05) is 28.3 Å². The first kappa shape index (κ1) is 19.4. The van der Waals surface area contributed by atoms with E-state index in [4.69, 9.17) is 0 Å². The van der Waals surface area contributed by atoms with Gasteiger partial charge in [-0.05, 0) is 63.9 Å². The summed E-state index contributed by atoms with van der Waals surface area (Å²) in [4.78, 5) is 12.1. The van der Waals surface area contributed by atoms with Gasteiger partial charge in [0.25, 0.3) is 0 Å². The van der Waals surface area contributed by atoms with E-state index in [9.17, 15) is 4.79 Å². The van der Waals surface area contributed by atoms with Gasteiger partial charge in [0.2, 0.25) is 0 Å². The first-order valence-electron chi connectivity index (χ1n) is 9.29. The Hall–Kier alpha value is -3.34. The Labute approximate surface area is 166 Å². The molecule has 0 atom stereocenters. The highest BCUT2D eigenvalue weighted by Crippen LogP contribution is 2.23. The number of urea groups is 1. The van der Waals surface area contributed by atoms with Crippen LogP contribution in [0.1, 0.15) is 33.6 Å². The van der Waals surface area contributed by atoms with Crippen molar-refractivity contribution in [3.8, 4) is 5.69 Å². The minimum absolute atomic E-state index is 0.367. The molecule has 0 fully saturated rings. The van der Waals surface area contributed by atoms with Crippen molar-refractivity contribution in [1.82, 2.24) is 9.99 Å². The van der Waals surface area contributed by atoms with E-state index in [1.165, 1.54) is 11.1 Å². The molecular weight excluding hydrogens is 348 g/mol. The van der Waals surface area contributed by atoms with Gasteiger partial charge in [0.15, 0.2) is 0 Å². The fourth-order valence-corrected chi connectivity index (χ4v) is 3.37. The lowest BCUT2D eigenvalue weighted by molar-refractivity contribution is 0.252. The molecule has 0 spiro atoms. The normalized spacial score (nSPS) is 11.0. The predicted molar refractivity (Wildman–Crippen MR) is 116 cm³/mol. The number of amides is 2. The van der Waals surface area contributed by atoms with Gasteiger partial charge in [0.05, 0.1) is 6.21 Å². The van der Waals surface area contributed by atoms with E-state index in [1.807, 2.05) is 31.2 Å². The number of nitrogens with zero attached hydrogens (tertiary/aromatic N) is 2. The first-order chi connectivity index (χ1) is 13.4. The number of hydrogen-bond donors (Lipinski definition) is 2. The molecule has 0 aliphatic rings. The Kier molecular flexibility index (Phi) is 5.64. The SMILES string of the molecule is Cc1ccc(-n2c(C)cc(C=NNC(=O)Nc3ccccc3C)c2C)c(C)c1. The molecule has 1 heterocycles. The van der Waals surface area contributed by atoms with Crippen LogP contribution in [-0.4, -0.2) is 16.8 Å². The highest BCUT2D eigenvalue weighted by molar-refractivity contribution is 5.91. The molecule has 144 valence electrons. The molecule has 0 aliphatic heterocycles. The smallest absolute Gasteiger partial charge is 0.318 e. The summed E-state index contributed by atoms with van der Waals surface area (Å²) in [6.45, 7) is 10.3. The topological polar surface area (TPSA) is 58.4 Å². The van der Waals surface area contributed by atoms with Gasteiger partial charge in [-0.3, -0.25) is 0 Å². The van der Waals surface area contributed by atoms with E-state index >= 15 is 0 Å². The number of benzene rings is 2. The summed E-state index contributed by atoms with van der Waals surface area (Å²) in [7, 11) is 0. The second-order valence-corrected chi connectivity index (χ2v) is 7.09. The number of hydrogen-bond acceptors (Lipinski definition) is 2. The Morgan fingerprint density at radius 3 is 2.43 bits per heavy atom. The van der Waals surface area contributed by atoms with Crippen LogP contribution in [0.4, 0.5) is 10.5 Å². The Bertz CT molecular complexity index is 1050. The molecule has 3 rings (SSSR count). The van der Waals surface area contributed by atoms with Crippen molar-refractivity contribution in [2.45, 2.75) is 34.6 Å². The van der Waals surface area contributed by atoms with E-state index in [2.05, 4.69) is 72.4 Å². The third-order valence-electron chi connectivity index (χ3n) is 4.83. The number of rotatable bonds is 4. The van der Waals surface area contributed by atoms with E-state index < -0.39 is 0 Å². The molecule has 0 saturated heterocycles. The maximum Gasteiger partial charge on any atom is 0.339 e. The van der Waals surface area contributed by atoms with Crippen molar-refractivity contribution in [1.29, 1.82) is 0 Å². The molecule has 2 aromatic carbocycles. The molecule has 5 nitrogen and oxygen atoms in total. The molecular formula is C23H26N4O. The zero-order valence-corrected chi connectivity index (χ0v) is 17.0. The average Bonchev–Trinajstić information content (AvgIpc) is 2.91. The summed E-state index contributed by atoms with van der Waals surface area (Å²) < 4.78 is 2.21. The van der Waals surface area contributed by atoms with Gasteiger partial charge in [-0.2, -0.15) is 5.10 Å². The van der Waals surface area contributed by atoms with Crippen molar-refractivity contribution in [2.75, 3.05) is 5.32 Å². The maximum absolute atomic E-state index is 12.1. The van der Waals surface area contributed by atoms with E-state index in [-0.39, 0.29) is 6.03 Å². The molecule has 0 bridgehead atoms. The van der Waals surface area contributed by atoms with Crippen LogP contribution in [0.15, 0.2) is 53.6 Å². The van der Waals surface area contributed by atoms with Gasteiger partial charge < -0.3 is 9.88 Å². The van der Waals surface area contributed by atoms with Gasteiger partial charge in [-0.1, -0.05) is 35.9 Å². The minimum atomic E-state index is -0.367. The largest absolute Gasteiger partial charge is 0.339 e. The van der Waals surface area contributed by atoms with Crippen LogP contribution in [0.3, 0.4) is 0 Å². The zero-order chi connectivity index (χ0) is 20.3. The number of carbonyl (C=O) groups excluding carboxylic acids is 1. The maximum atomic E-state index is 12.1. The molecule has 0 radical (unpaired) electrons.